The van der Waals surface area contributed by atoms with Crippen molar-refractivity contribution in [1.29, 1.82) is 0 Å². The summed E-state index contributed by atoms with van der Waals surface area (Å²) >= 11 is 7.05. The Hall–Kier alpha value is -9.44. The van der Waals surface area contributed by atoms with E-state index in [1.165, 1.54) is 67.8 Å². The minimum absolute atomic E-state index is 0.00691. The van der Waals surface area contributed by atoms with Crippen LogP contribution in [0, 0.1) is 11.8 Å². The van der Waals surface area contributed by atoms with Gasteiger partial charge in [0.25, 0.3) is 17.7 Å². The number of hydrogen-bond acceptors (Lipinski definition) is 13. The number of aromatic nitrogens is 6. The summed E-state index contributed by atoms with van der Waals surface area (Å²) < 4.78 is 200. The van der Waals surface area contributed by atoms with E-state index in [-0.39, 0.29) is 94.5 Å². The van der Waals surface area contributed by atoms with Gasteiger partial charge in [0.05, 0.1) is 83.7 Å². The fourth-order valence-corrected chi connectivity index (χ4v) is 16.9. The minimum Gasteiger partial charge on any atom is -0.494 e. The van der Waals surface area contributed by atoms with Crippen molar-refractivity contribution in [2.24, 2.45) is 33.0 Å². The van der Waals surface area contributed by atoms with Gasteiger partial charge >= 0.3 is 18.5 Å². The number of nitrogens with one attached hydrogen (secondary N) is 3. The van der Waals surface area contributed by atoms with Crippen LogP contribution >= 0.6 is 31.9 Å². The average Bonchev–Trinajstić information content (AvgIpc) is 1.64. The largest absolute Gasteiger partial charge is 0.494 e. The van der Waals surface area contributed by atoms with E-state index in [0.717, 1.165) is 57.8 Å². The third kappa shape index (κ3) is 20.5. The highest BCUT2D eigenvalue weighted by Gasteiger charge is 2.42. The zero-order valence-corrected chi connectivity index (χ0v) is 67.1. The van der Waals surface area contributed by atoms with E-state index < -0.39 is 65.1 Å². The number of ether oxygens (including phenoxy) is 1. The van der Waals surface area contributed by atoms with Crippen molar-refractivity contribution in [2.45, 2.75) is 119 Å². The summed E-state index contributed by atoms with van der Waals surface area (Å²) in [6.45, 7) is 5.38. The predicted molar refractivity (Wildman–Crippen MR) is 414 cm³/mol. The van der Waals surface area contributed by atoms with Gasteiger partial charge in [-0.1, -0.05) is 81.4 Å². The average molecular weight is 1740 g/mol. The Morgan fingerprint density at radius 3 is 1.06 bits per heavy atom. The highest BCUT2D eigenvalue weighted by Crippen LogP contribution is 2.41. The Bertz CT molecular complexity index is 5640. The van der Waals surface area contributed by atoms with Crippen molar-refractivity contribution >= 4 is 112 Å². The smallest absolute Gasteiger partial charge is 0.416 e. The SMILES string of the molecule is CCS(=O)(=O)c1ccc(CNC(=O)c2cc(Br)c3c(c2)nc(CC2CCC(C(F)(F)F)CC2)n3C)cc1.CCS(=O)(=O)c1ccc(CNC(=O)c2cc(Br)c3c(c2)nc(Cc2ccc(C(F)(F)F)cc2)n3C)cc1.CCS(=O)(=O)c1ccc(CNC(=O)c2cc(OC)c3c(c2)nc(Cc2ccc(C(F)(F)F)cc2)n3C)cc1. The number of carbonyl (C=O) groups excluding carboxylic acids is 3. The Morgan fingerprint density at radius 2 is 0.741 bits per heavy atom. The molecule has 0 unspecified atom stereocenters. The van der Waals surface area contributed by atoms with Gasteiger partial charge in [0.2, 0.25) is 0 Å². The number of fused-ring (bicyclic) bond motifs is 3. The van der Waals surface area contributed by atoms with Crippen LogP contribution in [-0.2, 0) is 102 Å². The van der Waals surface area contributed by atoms with E-state index >= 15 is 0 Å². The molecule has 3 aromatic heterocycles. The van der Waals surface area contributed by atoms with Crippen LogP contribution in [0.3, 0.4) is 0 Å². The van der Waals surface area contributed by atoms with Crippen LogP contribution in [0.4, 0.5) is 39.5 Å². The number of hydrogen-bond donors (Lipinski definition) is 3. The molecule has 0 bridgehead atoms. The van der Waals surface area contributed by atoms with E-state index in [1.54, 1.807) is 105 Å². The molecule has 33 heteroatoms. The summed E-state index contributed by atoms with van der Waals surface area (Å²) in [6.07, 6.45) is -10.4. The maximum atomic E-state index is 13.0. The van der Waals surface area contributed by atoms with Gasteiger partial charge in [0, 0.05) is 85.7 Å². The number of imidazole rings is 3. The Labute approximate surface area is 657 Å². The molecule has 0 aliphatic heterocycles. The summed E-state index contributed by atoms with van der Waals surface area (Å²) in [5.41, 5.74) is 7.22. The maximum Gasteiger partial charge on any atom is 0.416 e. The number of methoxy groups -OCH3 is 1. The lowest BCUT2D eigenvalue weighted by Gasteiger charge is -2.29. The maximum absolute atomic E-state index is 13.0. The molecule has 0 spiro atoms. The van der Waals surface area contributed by atoms with Crippen molar-refractivity contribution in [3.8, 4) is 5.75 Å². The molecule has 1 fully saturated rings. The van der Waals surface area contributed by atoms with Crippen LogP contribution in [0.5, 0.6) is 5.75 Å². The topological polar surface area (TPSA) is 252 Å². The first-order valence-electron chi connectivity index (χ1n) is 35.2. The molecule has 0 saturated heterocycles. The molecule has 11 aromatic rings. The van der Waals surface area contributed by atoms with Crippen molar-refractivity contribution in [3.05, 3.63) is 240 Å². The van der Waals surface area contributed by atoms with Gasteiger partial charge in [0.1, 0.15) is 28.7 Å². The van der Waals surface area contributed by atoms with Gasteiger partial charge in [-0.2, -0.15) is 39.5 Å². The van der Waals surface area contributed by atoms with Crippen LogP contribution in [0.25, 0.3) is 33.1 Å². The molecule has 3 amide bonds. The molecular formula is C79H78Br2F9N9O10S3. The van der Waals surface area contributed by atoms with Crippen LogP contribution in [0.2, 0.25) is 0 Å². The van der Waals surface area contributed by atoms with Crippen molar-refractivity contribution in [1.82, 2.24) is 44.6 Å². The molecule has 112 heavy (non-hydrogen) atoms. The highest BCUT2D eigenvalue weighted by atomic mass is 79.9. The van der Waals surface area contributed by atoms with Crippen LogP contribution in [0.1, 0.15) is 134 Å². The number of carbonyl (C=O) groups is 3. The van der Waals surface area contributed by atoms with Crippen molar-refractivity contribution < 1.29 is 83.9 Å². The molecule has 1 aliphatic rings. The lowest BCUT2D eigenvalue weighted by Crippen LogP contribution is -2.28. The number of nitrogens with zero attached hydrogens (tertiary/aromatic N) is 6. The lowest BCUT2D eigenvalue weighted by atomic mass is 9.80. The van der Waals surface area contributed by atoms with E-state index in [2.05, 4.69) is 57.8 Å². The Kier molecular flexibility index (Phi) is 26.5. The van der Waals surface area contributed by atoms with Gasteiger partial charge < -0.3 is 34.4 Å². The second kappa shape index (κ2) is 34.9. The van der Waals surface area contributed by atoms with Gasteiger partial charge in [-0.3, -0.25) is 14.4 Å². The molecule has 594 valence electrons. The highest BCUT2D eigenvalue weighted by molar-refractivity contribution is 9.11. The summed E-state index contributed by atoms with van der Waals surface area (Å²) in [5.74, 6) is 0.422. The molecule has 3 N–H and O–H groups in total. The fourth-order valence-electron chi connectivity index (χ4n) is 12.8. The van der Waals surface area contributed by atoms with Crippen LogP contribution in [-0.4, -0.2) is 102 Å². The van der Waals surface area contributed by atoms with E-state index in [4.69, 9.17) is 9.72 Å². The monoisotopic (exact) mass is 1740 g/mol. The number of aryl methyl sites for hydroxylation is 3. The molecule has 3 heterocycles. The summed E-state index contributed by atoms with van der Waals surface area (Å²) in [4.78, 5) is 53.2. The van der Waals surface area contributed by atoms with E-state index in [1.807, 2.05) is 23.2 Å². The molecule has 12 rings (SSSR count). The number of sulfone groups is 3. The number of rotatable bonds is 22. The molecule has 0 atom stereocenters. The van der Waals surface area contributed by atoms with Crippen molar-refractivity contribution in [3.63, 3.8) is 0 Å². The second-order valence-electron chi connectivity index (χ2n) is 26.9. The van der Waals surface area contributed by atoms with Gasteiger partial charge in [-0.05, 0) is 188 Å². The number of benzene rings is 8. The van der Waals surface area contributed by atoms with E-state index in [9.17, 15) is 79.2 Å². The van der Waals surface area contributed by atoms with Crippen molar-refractivity contribution in [2.75, 3.05) is 24.4 Å². The van der Waals surface area contributed by atoms with Crippen LogP contribution in [0.15, 0.2) is 181 Å². The summed E-state index contributed by atoms with van der Waals surface area (Å²) in [5, 5.41) is 8.48. The Balaban J connectivity index is 0.000000178. The van der Waals surface area contributed by atoms with Gasteiger partial charge in [-0.25, -0.2) is 40.2 Å². The molecule has 0 radical (unpaired) electrons. The molecule has 19 nitrogen and oxygen atoms in total. The lowest BCUT2D eigenvalue weighted by molar-refractivity contribution is -0.183. The fraction of sp³-hybridized carbons (Fsp3) is 0.316. The molecular weight excluding hydrogens is 1660 g/mol. The number of halogens is 11. The normalized spacial score (nSPS) is 14.3. The number of alkyl halides is 9. The summed E-state index contributed by atoms with van der Waals surface area (Å²) in [6, 6.07) is 39.0. The number of amides is 3. The standard InChI is InChI=1S/C27H26F3N3O4S.C26H29BrF3N3O3S.C26H23BrF3N3O3S/c1-4-38(35,36)21-11-7-18(8-12-21)16-31-26(34)19-14-22-25(23(15-19)37-3)33(2)24(32-22)13-17-5-9-20(10-6-17)27(28,29)30;2*1-3-37(35,36)20-10-6-17(7-11-20)15-31-25(34)18-13-21(27)24-22(14-18)32-23(33(24)2)12-16-4-8-19(9-5-16)26(28,29)30/h5-12,14-15H,4,13,16H2,1-3H3,(H,31,34);6-7,10-11,13-14,16,19H,3-5,8-9,12,15H2,1-2H3,(H,31,34);4-11,13-14H,3,12,15H2,1-2H3,(H,31,34). The predicted octanol–water partition coefficient (Wildman–Crippen LogP) is 16.6. The van der Waals surface area contributed by atoms with Gasteiger partial charge in [-0.15, -0.1) is 0 Å². The second-order valence-corrected chi connectivity index (χ2v) is 35.4. The van der Waals surface area contributed by atoms with Gasteiger partial charge in [0.15, 0.2) is 29.5 Å². The third-order valence-electron chi connectivity index (χ3n) is 19.5. The van der Waals surface area contributed by atoms with Crippen LogP contribution < -0.4 is 20.7 Å². The minimum atomic E-state index is -4.40. The zero-order chi connectivity index (χ0) is 81.6. The first-order valence-corrected chi connectivity index (χ1v) is 41.8. The molecule has 1 saturated carbocycles. The molecule has 1 aliphatic carbocycles. The molecule has 8 aromatic carbocycles. The Morgan fingerprint density at radius 1 is 0.438 bits per heavy atom. The zero-order valence-electron chi connectivity index (χ0n) is 61.5. The summed E-state index contributed by atoms with van der Waals surface area (Å²) in [7, 11) is -2.94. The van der Waals surface area contributed by atoms with E-state index in [0.29, 0.717) is 102 Å². The first-order chi connectivity index (χ1) is 52.7. The first kappa shape index (κ1) is 85.0. The third-order valence-corrected chi connectivity index (χ3v) is 25.9. The quantitative estimate of drug-likeness (QED) is 0.0535.